The predicted molar refractivity (Wildman–Crippen MR) is 86.3 cm³/mol. The van der Waals surface area contributed by atoms with Crippen molar-refractivity contribution >= 4 is 5.91 Å². The molecule has 128 valence electrons. The molecule has 1 aromatic carbocycles. The summed E-state index contributed by atoms with van der Waals surface area (Å²) in [5.41, 5.74) is 1.23. The zero-order chi connectivity index (χ0) is 17.2. The molecule has 1 atom stereocenters. The van der Waals surface area contributed by atoms with Crippen LogP contribution in [0.1, 0.15) is 35.0 Å². The van der Waals surface area contributed by atoms with Crippen LogP contribution in [-0.2, 0) is 0 Å². The predicted octanol–water partition coefficient (Wildman–Crippen LogP) is 3.49. The van der Waals surface area contributed by atoms with Gasteiger partial charge in [-0.25, -0.2) is 4.39 Å². The summed E-state index contributed by atoms with van der Waals surface area (Å²) in [5, 5.41) is 3.98. The highest BCUT2D eigenvalue weighted by Crippen LogP contribution is 2.28. The maximum Gasteiger partial charge on any atom is 0.257 e. The van der Waals surface area contributed by atoms with Gasteiger partial charge in [0.05, 0.1) is 17.7 Å². The Morgan fingerprint density at radius 3 is 2.84 bits per heavy atom. The van der Waals surface area contributed by atoms with E-state index in [1.165, 1.54) is 24.7 Å². The first-order valence-electron chi connectivity index (χ1n) is 8.12. The molecule has 1 fully saturated rings. The number of nitrogens with zero attached hydrogens (tertiary/aromatic N) is 3. The second-order valence-electron chi connectivity index (χ2n) is 6.07. The van der Waals surface area contributed by atoms with Crippen molar-refractivity contribution in [2.75, 3.05) is 13.1 Å². The second kappa shape index (κ2) is 6.51. The van der Waals surface area contributed by atoms with Crippen molar-refractivity contribution in [1.29, 1.82) is 0 Å². The third-order valence-electron chi connectivity index (χ3n) is 4.37. The topological polar surface area (TPSA) is 72.4 Å². The minimum Gasteiger partial charge on any atom is -0.472 e. The minimum absolute atomic E-state index is 0.00806. The van der Waals surface area contributed by atoms with E-state index in [1.54, 1.807) is 23.1 Å². The van der Waals surface area contributed by atoms with Crippen LogP contribution in [0.3, 0.4) is 0 Å². The number of likely N-dealkylation sites (tertiary alicyclic amines) is 1. The van der Waals surface area contributed by atoms with Crippen LogP contribution < -0.4 is 0 Å². The summed E-state index contributed by atoms with van der Waals surface area (Å²) in [6, 6.07) is 7.60. The first-order valence-corrected chi connectivity index (χ1v) is 8.12. The van der Waals surface area contributed by atoms with Gasteiger partial charge in [0.15, 0.2) is 0 Å². The molecule has 1 aliphatic rings. The van der Waals surface area contributed by atoms with Crippen molar-refractivity contribution in [3.05, 3.63) is 60.1 Å². The summed E-state index contributed by atoms with van der Waals surface area (Å²) in [4.78, 5) is 18.7. The van der Waals surface area contributed by atoms with Crippen LogP contribution in [0.5, 0.6) is 0 Å². The molecule has 3 heterocycles. The molecule has 0 spiro atoms. The fourth-order valence-electron chi connectivity index (χ4n) is 3.05. The van der Waals surface area contributed by atoms with Crippen LogP contribution in [0.15, 0.2) is 51.8 Å². The Balaban J connectivity index is 1.50. The van der Waals surface area contributed by atoms with E-state index < -0.39 is 0 Å². The van der Waals surface area contributed by atoms with Gasteiger partial charge in [0.1, 0.15) is 12.1 Å². The van der Waals surface area contributed by atoms with Crippen LogP contribution in [0.4, 0.5) is 4.39 Å². The van der Waals surface area contributed by atoms with E-state index >= 15 is 0 Å². The summed E-state index contributed by atoms with van der Waals surface area (Å²) in [7, 11) is 0. The number of benzene rings is 1. The van der Waals surface area contributed by atoms with E-state index in [0.29, 0.717) is 35.9 Å². The quantitative estimate of drug-likeness (QED) is 0.729. The molecule has 7 heteroatoms. The molecule has 25 heavy (non-hydrogen) atoms. The molecule has 0 radical (unpaired) electrons. The highest BCUT2D eigenvalue weighted by Gasteiger charge is 2.29. The minimum atomic E-state index is -0.312. The zero-order valence-corrected chi connectivity index (χ0v) is 13.4. The van der Waals surface area contributed by atoms with Gasteiger partial charge >= 0.3 is 0 Å². The molecular formula is C18H16FN3O3. The summed E-state index contributed by atoms with van der Waals surface area (Å²) < 4.78 is 23.4. The van der Waals surface area contributed by atoms with Crippen LogP contribution in [0.25, 0.3) is 11.4 Å². The number of piperidine rings is 1. The van der Waals surface area contributed by atoms with E-state index in [0.717, 1.165) is 12.8 Å². The molecule has 1 amide bonds. The Morgan fingerprint density at radius 2 is 2.08 bits per heavy atom. The first-order chi connectivity index (χ1) is 12.2. The summed E-state index contributed by atoms with van der Waals surface area (Å²) in [6.07, 6.45) is 4.68. The van der Waals surface area contributed by atoms with Crippen molar-refractivity contribution < 1.29 is 18.1 Å². The summed E-state index contributed by atoms with van der Waals surface area (Å²) in [5.74, 6) is 0.550. The van der Waals surface area contributed by atoms with Gasteiger partial charge in [-0.1, -0.05) is 5.16 Å². The maximum atomic E-state index is 13.0. The monoisotopic (exact) mass is 341 g/mol. The largest absolute Gasteiger partial charge is 0.472 e. The second-order valence-corrected chi connectivity index (χ2v) is 6.07. The standard InChI is InChI=1S/C18H16FN3O3/c19-15-5-3-12(4-6-15)16-20-17(25-21-16)13-2-1-8-22(10-13)18(23)14-7-9-24-11-14/h3-7,9,11,13H,1-2,8,10H2. The molecule has 6 nitrogen and oxygen atoms in total. The molecule has 0 bridgehead atoms. The van der Waals surface area contributed by atoms with Crippen molar-refractivity contribution in [3.8, 4) is 11.4 Å². The lowest BCUT2D eigenvalue weighted by Gasteiger charge is -2.30. The Kier molecular flexibility index (Phi) is 4.05. The average Bonchev–Trinajstić information content (AvgIpc) is 3.34. The fourth-order valence-corrected chi connectivity index (χ4v) is 3.05. The van der Waals surface area contributed by atoms with Crippen LogP contribution in [-0.4, -0.2) is 34.0 Å². The molecule has 4 rings (SSSR count). The molecule has 0 N–H and O–H groups in total. The van der Waals surface area contributed by atoms with Gasteiger partial charge in [0.25, 0.3) is 5.91 Å². The number of hydrogen-bond donors (Lipinski definition) is 0. The van der Waals surface area contributed by atoms with Crippen molar-refractivity contribution in [2.45, 2.75) is 18.8 Å². The highest BCUT2D eigenvalue weighted by molar-refractivity contribution is 5.93. The van der Waals surface area contributed by atoms with Gasteiger partial charge in [0.2, 0.25) is 11.7 Å². The van der Waals surface area contributed by atoms with E-state index in [2.05, 4.69) is 10.1 Å². The van der Waals surface area contributed by atoms with Gasteiger partial charge in [0, 0.05) is 18.7 Å². The van der Waals surface area contributed by atoms with Crippen molar-refractivity contribution in [3.63, 3.8) is 0 Å². The lowest BCUT2D eigenvalue weighted by Crippen LogP contribution is -2.39. The van der Waals surface area contributed by atoms with E-state index in [4.69, 9.17) is 8.94 Å². The molecular weight excluding hydrogens is 325 g/mol. The lowest BCUT2D eigenvalue weighted by atomic mass is 9.97. The number of rotatable bonds is 3. The number of carbonyl (C=O) groups excluding carboxylic acids is 1. The normalized spacial score (nSPS) is 17.6. The number of aromatic nitrogens is 2. The Bertz CT molecular complexity index is 858. The molecule has 0 aliphatic carbocycles. The molecule has 1 saturated heterocycles. The number of amides is 1. The van der Waals surface area contributed by atoms with Gasteiger partial charge in [-0.15, -0.1) is 0 Å². The number of carbonyl (C=O) groups is 1. The van der Waals surface area contributed by atoms with E-state index in [9.17, 15) is 9.18 Å². The molecule has 2 aromatic heterocycles. The maximum absolute atomic E-state index is 13.0. The Labute approximate surface area is 143 Å². The fraction of sp³-hybridized carbons (Fsp3) is 0.278. The Hall–Kier alpha value is -2.96. The summed E-state index contributed by atoms with van der Waals surface area (Å²) in [6.45, 7) is 1.22. The van der Waals surface area contributed by atoms with E-state index in [-0.39, 0.29) is 17.6 Å². The van der Waals surface area contributed by atoms with Gasteiger partial charge in [-0.05, 0) is 43.2 Å². The lowest BCUT2D eigenvalue weighted by molar-refractivity contribution is 0.0695. The Morgan fingerprint density at radius 1 is 1.24 bits per heavy atom. The van der Waals surface area contributed by atoms with Gasteiger partial charge < -0.3 is 13.8 Å². The van der Waals surface area contributed by atoms with Crippen LogP contribution >= 0.6 is 0 Å². The number of furan rings is 1. The van der Waals surface area contributed by atoms with Gasteiger partial charge in [-0.3, -0.25) is 4.79 Å². The smallest absolute Gasteiger partial charge is 0.257 e. The molecule has 0 saturated carbocycles. The van der Waals surface area contributed by atoms with Crippen molar-refractivity contribution in [2.24, 2.45) is 0 Å². The SMILES string of the molecule is O=C(c1ccoc1)N1CCCC(c2nc(-c3ccc(F)cc3)no2)C1. The number of halogens is 1. The third-order valence-corrected chi connectivity index (χ3v) is 4.37. The van der Waals surface area contributed by atoms with Crippen LogP contribution in [0.2, 0.25) is 0 Å². The zero-order valence-electron chi connectivity index (χ0n) is 13.4. The van der Waals surface area contributed by atoms with Gasteiger partial charge in [-0.2, -0.15) is 4.98 Å². The molecule has 3 aromatic rings. The highest BCUT2D eigenvalue weighted by atomic mass is 19.1. The average molecular weight is 341 g/mol. The van der Waals surface area contributed by atoms with E-state index in [1.807, 2.05) is 0 Å². The summed E-state index contributed by atoms with van der Waals surface area (Å²) >= 11 is 0. The third kappa shape index (κ3) is 3.17. The van der Waals surface area contributed by atoms with Crippen molar-refractivity contribution in [1.82, 2.24) is 15.0 Å². The molecule has 1 unspecified atom stereocenters. The number of hydrogen-bond acceptors (Lipinski definition) is 5. The van der Waals surface area contributed by atoms with Crippen LogP contribution in [0, 0.1) is 5.82 Å². The molecule has 1 aliphatic heterocycles. The first kappa shape index (κ1) is 15.6.